The Kier molecular flexibility index (Phi) is 3.47. The van der Waals surface area contributed by atoms with Crippen LogP contribution in [0.25, 0.3) is 0 Å². The number of nitrogens with one attached hydrogen (secondary N) is 1. The molecular formula is C12H14N4O2. The molecule has 94 valence electrons. The number of amides is 1. The topological polar surface area (TPSA) is 82.2 Å². The lowest BCUT2D eigenvalue weighted by Crippen LogP contribution is -2.21. The van der Waals surface area contributed by atoms with Crippen LogP contribution in [0, 0.1) is 0 Å². The Balaban J connectivity index is 1.90. The van der Waals surface area contributed by atoms with Gasteiger partial charge < -0.3 is 15.8 Å². The number of ether oxygens (including phenoxy) is 1. The molecule has 3 N–H and O–H groups in total. The van der Waals surface area contributed by atoms with Crippen LogP contribution in [-0.4, -0.2) is 22.3 Å². The number of nitrogens with two attached hydrogens (primary N) is 1. The molecule has 0 aliphatic rings. The molecular weight excluding hydrogens is 232 g/mol. The lowest BCUT2D eigenvalue weighted by Gasteiger charge is -2.09. The van der Waals surface area contributed by atoms with Gasteiger partial charge in [-0.3, -0.25) is 9.48 Å². The van der Waals surface area contributed by atoms with Gasteiger partial charge in [0, 0.05) is 13.1 Å². The zero-order valence-corrected chi connectivity index (χ0v) is 9.96. The second kappa shape index (κ2) is 5.22. The van der Waals surface area contributed by atoms with Crippen molar-refractivity contribution >= 4 is 17.4 Å². The van der Waals surface area contributed by atoms with E-state index < -0.39 is 0 Å². The van der Waals surface area contributed by atoms with Crippen LogP contribution in [0.2, 0.25) is 0 Å². The fourth-order valence-corrected chi connectivity index (χ4v) is 1.43. The van der Waals surface area contributed by atoms with Crippen LogP contribution >= 0.6 is 0 Å². The number of carbonyl (C=O) groups is 1. The molecule has 6 nitrogen and oxygen atoms in total. The van der Waals surface area contributed by atoms with E-state index >= 15 is 0 Å². The van der Waals surface area contributed by atoms with Gasteiger partial charge in [-0.05, 0) is 12.1 Å². The fraction of sp³-hybridized carbons (Fsp3) is 0.167. The fourth-order valence-electron chi connectivity index (χ4n) is 1.43. The number of hydrogen-bond acceptors (Lipinski definition) is 4. The summed E-state index contributed by atoms with van der Waals surface area (Å²) >= 11 is 0. The molecule has 2 rings (SSSR count). The first-order chi connectivity index (χ1) is 8.66. The summed E-state index contributed by atoms with van der Waals surface area (Å²) in [6, 6.07) is 8.73. The SMILES string of the molecule is Cn1nccc1NC(=O)COc1ccccc1N. The Morgan fingerprint density at radius 2 is 2.22 bits per heavy atom. The zero-order chi connectivity index (χ0) is 13.0. The minimum absolute atomic E-state index is 0.0978. The molecule has 18 heavy (non-hydrogen) atoms. The Bertz CT molecular complexity index is 551. The van der Waals surface area contributed by atoms with Gasteiger partial charge in [0.05, 0.1) is 11.9 Å². The first-order valence-corrected chi connectivity index (χ1v) is 5.42. The Hall–Kier alpha value is -2.50. The number of para-hydroxylation sites is 2. The lowest BCUT2D eigenvalue weighted by atomic mass is 10.3. The molecule has 0 aliphatic heterocycles. The number of anilines is 2. The van der Waals surface area contributed by atoms with E-state index in [1.807, 2.05) is 0 Å². The highest BCUT2D eigenvalue weighted by molar-refractivity contribution is 5.91. The van der Waals surface area contributed by atoms with Gasteiger partial charge in [-0.1, -0.05) is 12.1 Å². The molecule has 1 aromatic heterocycles. The number of carbonyl (C=O) groups excluding carboxylic acids is 1. The summed E-state index contributed by atoms with van der Waals surface area (Å²) in [6.45, 7) is -0.0978. The van der Waals surface area contributed by atoms with E-state index in [0.717, 1.165) is 0 Å². The van der Waals surface area contributed by atoms with Crippen LogP contribution < -0.4 is 15.8 Å². The monoisotopic (exact) mass is 246 g/mol. The highest BCUT2D eigenvalue weighted by Crippen LogP contribution is 2.19. The molecule has 1 heterocycles. The third-order valence-corrected chi connectivity index (χ3v) is 2.37. The Morgan fingerprint density at radius 3 is 2.89 bits per heavy atom. The maximum atomic E-state index is 11.6. The molecule has 1 aromatic carbocycles. The molecule has 0 fully saturated rings. The molecule has 0 saturated carbocycles. The molecule has 1 amide bonds. The summed E-state index contributed by atoms with van der Waals surface area (Å²) < 4.78 is 6.88. The maximum Gasteiger partial charge on any atom is 0.263 e. The molecule has 0 saturated heterocycles. The van der Waals surface area contributed by atoms with Gasteiger partial charge >= 0.3 is 0 Å². The van der Waals surface area contributed by atoms with E-state index in [0.29, 0.717) is 17.3 Å². The summed E-state index contributed by atoms with van der Waals surface area (Å²) in [6.07, 6.45) is 1.60. The molecule has 0 atom stereocenters. The quantitative estimate of drug-likeness (QED) is 0.789. The van der Waals surface area contributed by atoms with E-state index in [2.05, 4.69) is 10.4 Å². The first-order valence-electron chi connectivity index (χ1n) is 5.42. The van der Waals surface area contributed by atoms with Crippen LogP contribution in [0.3, 0.4) is 0 Å². The van der Waals surface area contributed by atoms with Crippen molar-refractivity contribution in [3.05, 3.63) is 36.5 Å². The Labute approximate surface area is 104 Å². The van der Waals surface area contributed by atoms with E-state index in [4.69, 9.17) is 10.5 Å². The molecule has 0 aliphatic carbocycles. The van der Waals surface area contributed by atoms with Crippen molar-refractivity contribution in [1.29, 1.82) is 0 Å². The second-order valence-electron chi connectivity index (χ2n) is 3.71. The predicted octanol–water partition coefficient (Wildman–Crippen LogP) is 1.02. The smallest absolute Gasteiger partial charge is 0.263 e. The van der Waals surface area contributed by atoms with E-state index in [-0.39, 0.29) is 12.5 Å². The van der Waals surface area contributed by atoms with Crippen molar-refractivity contribution in [1.82, 2.24) is 9.78 Å². The van der Waals surface area contributed by atoms with Crippen LogP contribution in [0.4, 0.5) is 11.5 Å². The second-order valence-corrected chi connectivity index (χ2v) is 3.71. The normalized spacial score (nSPS) is 10.1. The van der Waals surface area contributed by atoms with Gasteiger partial charge in [-0.2, -0.15) is 5.10 Å². The number of aromatic nitrogens is 2. The summed E-state index contributed by atoms with van der Waals surface area (Å²) in [5, 5.41) is 6.62. The van der Waals surface area contributed by atoms with Crippen molar-refractivity contribution in [3.63, 3.8) is 0 Å². The summed E-state index contributed by atoms with van der Waals surface area (Å²) in [4.78, 5) is 11.6. The molecule has 0 radical (unpaired) electrons. The van der Waals surface area contributed by atoms with Gasteiger partial charge in [0.2, 0.25) is 0 Å². The van der Waals surface area contributed by atoms with Crippen molar-refractivity contribution < 1.29 is 9.53 Å². The van der Waals surface area contributed by atoms with Gasteiger partial charge in [0.15, 0.2) is 6.61 Å². The number of nitrogens with zero attached hydrogens (tertiary/aromatic N) is 2. The first kappa shape index (κ1) is 12.0. The van der Waals surface area contributed by atoms with Crippen LogP contribution in [0.15, 0.2) is 36.5 Å². The van der Waals surface area contributed by atoms with E-state index in [9.17, 15) is 4.79 Å². The number of rotatable bonds is 4. The number of hydrogen-bond donors (Lipinski definition) is 2. The highest BCUT2D eigenvalue weighted by atomic mass is 16.5. The zero-order valence-electron chi connectivity index (χ0n) is 9.96. The van der Waals surface area contributed by atoms with Gasteiger partial charge in [-0.25, -0.2) is 0 Å². The van der Waals surface area contributed by atoms with Crippen LogP contribution in [-0.2, 0) is 11.8 Å². The van der Waals surface area contributed by atoms with E-state index in [1.165, 1.54) is 0 Å². The average Bonchev–Trinajstić information content (AvgIpc) is 2.74. The highest BCUT2D eigenvalue weighted by Gasteiger charge is 2.07. The summed E-state index contributed by atoms with van der Waals surface area (Å²) in [5.41, 5.74) is 6.20. The molecule has 2 aromatic rings. The lowest BCUT2D eigenvalue weighted by molar-refractivity contribution is -0.118. The Morgan fingerprint density at radius 1 is 1.44 bits per heavy atom. The van der Waals surface area contributed by atoms with E-state index in [1.54, 1.807) is 48.3 Å². The summed E-state index contributed by atoms with van der Waals surface area (Å²) in [7, 11) is 1.74. The van der Waals surface area contributed by atoms with Gasteiger partial charge in [-0.15, -0.1) is 0 Å². The molecule has 0 unspecified atom stereocenters. The molecule has 0 bridgehead atoms. The van der Waals surface area contributed by atoms with Crippen molar-refractivity contribution in [2.24, 2.45) is 7.05 Å². The van der Waals surface area contributed by atoms with Crippen molar-refractivity contribution in [2.45, 2.75) is 0 Å². The van der Waals surface area contributed by atoms with Crippen molar-refractivity contribution in [2.75, 3.05) is 17.7 Å². The molecule has 6 heteroatoms. The molecule has 0 spiro atoms. The number of benzene rings is 1. The predicted molar refractivity (Wildman–Crippen MR) is 68.2 cm³/mol. The number of nitrogen functional groups attached to an aromatic ring is 1. The standard InChI is InChI=1S/C12H14N4O2/c1-16-11(6-7-14-16)15-12(17)8-18-10-5-3-2-4-9(10)13/h2-7H,8,13H2,1H3,(H,15,17). The van der Waals surface area contributed by atoms with Gasteiger partial charge in [0.25, 0.3) is 5.91 Å². The van der Waals surface area contributed by atoms with Crippen LogP contribution in [0.1, 0.15) is 0 Å². The minimum Gasteiger partial charge on any atom is -0.482 e. The third kappa shape index (κ3) is 2.79. The number of aryl methyl sites for hydroxylation is 1. The van der Waals surface area contributed by atoms with Gasteiger partial charge in [0.1, 0.15) is 11.6 Å². The summed E-state index contributed by atoms with van der Waals surface area (Å²) in [5.74, 6) is 0.851. The minimum atomic E-state index is -0.262. The maximum absolute atomic E-state index is 11.6. The third-order valence-electron chi connectivity index (χ3n) is 2.37. The average molecular weight is 246 g/mol. The van der Waals surface area contributed by atoms with Crippen molar-refractivity contribution in [3.8, 4) is 5.75 Å². The van der Waals surface area contributed by atoms with Crippen LogP contribution in [0.5, 0.6) is 5.75 Å². The largest absolute Gasteiger partial charge is 0.482 e.